The maximum atomic E-state index is 13.3. The quantitative estimate of drug-likeness (QED) is 0.118. The lowest BCUT2D eigenvalue weighted by Crippen LogP contribution is -2.34. The molecule has 1 unspecified atom stereocenters. The Balaban J connectivity index is 1.32. The largest absolute Gasteiger partial charge is 0.394 e. The van der Waals surface area contributed by atoms with Crippen molar-refractivity contribution in [3.63, 3.8) is 0 Å². The molecule has 13 nitrogen and oxygen atoms in total. The summed E-state index contributed by atoms with van der Waals surface area (Å²) in [6.07, 6.45) is 4.15. The summed E-state index contributed by atoms with van der Waals surface area (Å²) in [5, 5.41) is 35.0. The number of benzene rings is 2. The van der Waals surface area contributed by atoms with Gasteiger partial charge in [-0.05, 0) is 60.5 Å². The molecule has 6 N–H and O–H groups in total. The van der Waals surface area contributed by atoms with Crippen molar-refractivity contribution in [2.75, 3.05) is 29.1 Å². The smallest absolute Gasteiger partial charge is 0.324 e. The lowest BCUT2D eigenvalue weighted by atomic mass is 9.92. The SMILES string of the molecule is Cc1ccc(NC(=O)Nc2cc(C(C)(C)C)nn2-c2cccc(CC(=O)NCC(O)CO)c2)cc1Nc1nccc(-c2cccnc2)n1. The van der Waals surface area contributed by atoms with Crippen LogP contribution in [-0.4, -0.2) is 66.1 Å². The fourth-order valence-corrected chi connectivity index (χ4v) is 4.70. The van der Waals surface area contributed by atoms with Gasteiger partial charge in [0.05, 0.1) is 36.2 Å². The molecule has 0 aliphatic heterocycles. The molecular weight excluding hydrogens is 610 g/mol. The highest BCUT2D eigenvalue weighted by Crippen LogP contribution is 2.28. The summed E-state index contributed by atoms with van der Waals surface area (Å²) in [6, 6.07) is 19.7. The second-order valence-electron chi connectivity index (χ2n) is 12.3. The highest BCUT2D eigenvalue weighted by Gasteiger charge is 2.22. The molecule has 3 aromatic heterocycles. The maximum absolute atomic E-state index is 13.3. The molecule has 0 saturated heterocycles. The molecule has 3 heterocycles. The number of rotatable bonds is 11. The van der Waals surface area contributed by atoms with E-state index in [1.165, 1.54) is 0 Å². The molecule has 13 heteroatoms. The predicted molar refractivity (Wildman–Crippen MR) is 184 cm³/mol. The van der Waals surface area contributed by atoms with Crippen LogP contribution in [0.2, 0.25) is 0 Å². The first-order valence-corrected chi connectivity index (χ1v) is 15.4. The molecule has 0 saturated carbocycles. The van der Waals surface area contributed by atoms with Crippen LogP contribution in [0.3, 0.4) is 0 Å². The van der Waals surface area contributed by atoms with Crippen LogP contribution in [0.4, 0.5) is 27.9 Å². The van der Waals surface area contributed by atoms with Crippen LogP contribution in [0.25, 0.3) is 16.9 Å². The van der Waals surface area contributed by atoms with Gasteiger partial charge in [0.25, 0.3) is 0 Å². The molecule has 0 aliphatic rings. The highest BCUT2D eigenvalue weighted by atomic mass is 16.3. The van der Waals surface area contributed by atoms with Gasteiger partial charge in [-0.1, -0.05) is 39.0 Å². The fourth-order valence-electron chi connectivity index (χ4n) is 4.70. The van der Waals surface area contributed by atoms with Crippen molar-refractivity contribution in [3.05, 3.63) is 102 Å². The molecule has 3 amide bonds. The number of carbonyl (C=O) groups excluding carboxylic acids is 2. The Kier molecular flexibility index (Phi) is 10.4. The Morgan fingerprint density at radius 2 is 1.81 bits per heavy atom. The van der Waals surface area contributed by atoms with Gasteiger partial charge in [0, 0.05) is 53.6 Å². The number of aryl methyl sites for hydroxylation is 1. The molecule has 0 spiro atoms. The number of anilines is 4. The Labute approximate surface area is 278 Å². The van der Waals surface area contributed by atoms with Crippen molar-refractivity contribution in [2.24, 2.45) is 0 Å². The summed E-state index contributed by atoms with van der Waals surface area (Å²) in [6.45, 7) is 7.55. The van der Waals surface area contributed by atoms with E-state index >= 15 is 0 Å². The lowest BCUT2D eigenvalue weighted by molar-refractivity contribution is -0.121. The number of aliphatic hydroxyl groups is 2. The second kappa shape index (κ2) is 14.8. The minimum absolute atomic E-state index is 0.0437. The third-order valence-corrected chi connectivity index (χ3v) is 7.34. The molecule has 5 rings (SSSR count). The Morgan fingerprint density at radius 3 is 2.56 bits per heavy atom. The van der Waals surface area contributed by atoms with E-state index in [1.54, 1.807) is 41.5 Å². The van der Waals surface area contributed by atoms with Crippen LogP contribution in [-0.2, 0) is 16.6 Å². The van der Waals surface area contributed by atoms with Gasteiger partial charge in [0.15, 0.2) is 0 Å². The van der Waals surface area contributed by atoms with Crippen LogP contribution in [0.1, 0.15) is 37.6 Å². The highest BCUT2D eigenvalue weighted by molar-refractivity contribution is 6.00. The zero-order valence-corrected chi connectivity index (χ0v) is 27.2. The topological polar surface area (TPSA) is 179 Å². The van der Waals surface area contributed by atoms with Crippen LogP contribution in [0, 0.1) is 6.92 Å². The fraction of sp³-hybridized carbons (Fsp3) is 0.257. The summed E-state index contributed by atoms with van der Waals surface area (Å²) in [5.41, 5.74) is 5.61. The Morgan fingerprint density at radius 1 is 0.979 bits per heavy atom. The van der Waals surface area contributed by atoms with Gasteiger partial charge in [-0.15, -0.1) is 0 Å². The minimum Gasteiger partial charge on any atom is -0.394 e. The molecular formula is C35H39N9O4. The van der Waals surface area contributed by atoms with Gasteiger partial charge < -0.3 is 26.2 Å². The molecule has 0 bridgehead atoms. The van der Waals surface area contributed by atoms with Crippen molar-refractivity contribution in [3.8, 4) is 16.9 Å². The standard InChI is InChI=1S/C35H39N9O4/c1-22-10-11-25(17-29(22)41-33-37-14-12-28(40-33)24-8-6-13-36-19-24)39-34(48)42-31-18-30(35(2,3)4)43-44(31)26-9-5-7-23(15-26)16-32(47)38-20-27(46)21-45/h5-15,17-19,27,45-46H,16,20-21H2,1-4H3,(H,38,47)(H,37,40,41)(H2,39,42,48). The van der Waals surface area contributed by atoms with E-state index in [0.29, 0.717) is 28.7 Å². The van der Waals surface area contributed by atoms with Crippen LogP contribution in [0.5, 0.6) is 0 Å². The molecule has 0 radical (unpaired) electrons. The number of carbonyl (C=O) groups is 2. The van der Waals surface area contributed by atoms with E-state index in [1.807, 2.05) is 76.2 Å². The van der Waals surface area contributed by atoms with Crippen molar-refractivity contribution in [1.29, 1.82) is 0 Å². The predicted octanol–water partition coefficient (Wildman–Crippen LogP) is 4.73. The van der Waals surface area contributed by atoms with Crippen LogP contribution in [0.15, 0.2) is 85.3 Å². The van der Waals surface area contributed by atoms with Gasteiger partial charge in [-0.25, -0.2) is 19.4 Å². The average molecular weight is 650 g/mol. The van der Waals surface area contributed by atoms with E-state index in [0.717, 1.165) is 28.2 Å². The number of aliphatic hydroxyl groups excluding tert-OH is 2. The third kappa shape index (κ3) is 8.78. The molecule has 0 aliphatic carbocycles. The molecule has 48 heavy (non-hydrogen) atoms. The van der Waals surface area contributed by atoms with Crippen molar-refractivity contribution >= 4 is 35.1 Å². The van der Waals surface area contributed by atoms with Gasteiger partial charge in [-0.3, -0.25) is 15.1 Å². The van der Waals surface area contributed by atoms with E-state index in [-0.39, 0.29) is 24.3 Å². The first-order chi connectivity index (χ1) is 23.0. The number of amides is 3. The molecule has 2 aromatic carbocycles. The number of hydrogen-bond donors (Lipinski definition) is 6. The number of nitrogens with one attached hydrogen (secondary N) is 4. The number of urea groups is 1. The van der Waals surface area contributed by atoms with Crippen molar-refractivity contribution in [2.45, 2.75) is 45.6 Å². The van der Waals surface area contributed by atoms with Crippen molar-refractivity contribution < 1.29 is 19.8 Å². The zero-order valence-electron chi connectivity index (χ0n) is 27.2. The van der Waals surface area contributed by atoms with E-state index in [2.05, 4.69) is 36.2 Å². The van der Waals surface area contributed by atoms with Gasteiger partial charge in [-0.2, -0.15) is 5.10 Å². The lowest BCUT2D eigenvalue weighted by Gasteiger charge is -2.14. The summed E-state index contributed by atoms with van der Waals surface area (Å²) >= 11 is 0. The normalized spacial score (nSPS) is 11.9. The van der Waals surface area contributed by atoms with Crippen molar-refractivity contribution in [1.82, 2.24) is 30.0 Å². The summed E-state index contributed by atoms with van der Waals surface area (Å²) in [7, 11) is 0. The maximum Gasteiger partial charge on any atom is 0.324 e. The summed E-state index contributed by atoms with van der Waals surface area (Å²) < 4.78 is 1.63. The first kappa shape index (κ1) is 33.7. The Bertz CT molecular complexity index is 1890. The summed E-state index contributed by atoms with van der Waals surface area (Å²) in [5.74, 6) is 0.547. The molecule has 1 atom stereocenters. The van der Waals surface area contributed by atoms with Crippen LogP contribution >= 0.6 is 0 Å². The monoisotopic (exact) mass is 649 g/mol. The zero-order chi connectivity index (χ0) is 34.3. The average Bonchev–Trinajstić information content (AvgIpc) is 3.50. The second-order valence-corrected chi connectivity index (χ2v) is 12.3. The van der Waals surface area contributed by atoms with Gasteiger partial charge >= 0.3 is 6.03 Å². The molecule has 0 fully saturated rings. The minimum atomic E-state index is -1.02. The third-order valence-electron chi connectivity index (χ3n) is 7.34. The number of aromatic nitrogens is 5. The van der Waals surface area contributed by atoms with Gasteiger partial charge in [0.1, 0.15) is 5.82 Å². The van der Waals surface area contributed by atoms with Gasteiger partial charge in [0.2, 0.25) is 11.9 Å². The Hall–Kier alpha value is -5.66. The summed E-state index contributed by atoms with van der Waals surface area (Å²) in [4.78, 5) is 38.9. The molecule has 248 valence electrons. The number of nitrogens with zero attached hydrogens (tertiary/aromatic N) is 5. The van der Waals surface area contributed by atoms with E-state index < -0.39 is 18.7 Å². The van der Waals surface area contributed by atoms with E-state index in [4.69, 9.17) is 10.2 Å². The first-order valence-electron chi connectivity index (χ1n) is 15.4. The number of pyridine rings is 1. The van der Waals surface area contributed by atoms with E-state index in [9.17, 15) is 14.7 Å². The van der Waals surface area contributed by atoms with Crippen LogP contribution < -0.4 is 21.3 Å². The molecule has 5 aromatic rings. The number of hydrogen-bond acceptors (Lipinski definition) is 9.